The molecule has 1 atom stereocenters. The van der Waals surface area contributed by atoms with Gasteiger partial charge in [-0.2, -0.15) is 13.2 Å². The average Bonchev–Trinajstić information content (AvgIpc) is 2.67. The van der Waals surface area contributed by atoms with Crippen molar-refractivity contribution in [2.45, 2.75) is 12.2 Å². The maximum atomic E-state index is 13.8. The molecule has 9 heteroatoms. The predicted octanol–water partition coefficient (Wildman–Crippen LogP) is 4.16. The Kier molecular flexibility index (Phi) is 4.37. The lowest BCUT2D eigenvalue weighted by atomic mass is 9.94. The van der Waals surface area contributed by atoms with Crippen LogP contribution in [0, 0.1) is 5.82 Å². The van der Waals surface area contributed by atoms with Crippen molar-refractivity contribution >= 4 is 5.91 Å². The lowest BCUT2D eigenvalue weighted by molar-refractivity contribution is -0.141. The molecule has 0 saturated heterocycles. The molecular formula is C20H12F4N2O3. The number of fused-ring (bicyclic) bond motifs is 2. The van der Waals surface area contributed by atoms with Crippen LogP contribution in [0.5, 0.6) is 11.5 Å². The molecule has 0 fully saturated rings. The molecule has 2 heterocycles. The van der Waals surface area contributed by atoms with Crippen LogP contribution < -0.4 is 15.6 Å². The molecule has 2 aromatic carbocycles. The van der Waals surface area contributed by atoms with Crippen molar-refractivity contribution in [1.82, 2.24) is 10.3 Å². The van der Waals surface area contributed by atoms with E-state index < -0.39 is 40.8 Å². The van der Waals surface area contributed by atoms with Crippen LogP contribution in [-0.2, 0) is 6.18 Å². The van der Waals surface area contributed by atoms with Gasteiger partial charge >= 0.3 is 6.18 Å². The third kappa shape index (κ3) is 3.46. The summed E-state index contributed by atoms with van der Waals surface area (Å²) in [6.07, 6.45) is -4.75. The van der Waals surface area contributed by atoms with E-state index in [0.29, 0.717) is 28.7 Å². The van der Waals surface area contributed by atoms with Crippen molar-refractivity contribution in [1.29, 1.82) is 0 Å². The molecule has 1 aromatic heterocycles. The molecule has 2 N–H and O–H groups in total. The number of aromatic amines is 1. The van der Waals surface area contributed by atoms with Gasteiger partial charge in [0.1, 0.15) is 28.6 Å². The predicted molar refractivity (Wildman–Crippen MR) is 94.3 cm³/mol. The number of amides is 1. The Morgan fingerprint density at radius 2 is 1.72 bits per heavy atom. The Labute approximate surface area is 161 Å². The van der Waals surface area contributed by atoms with Crippen molar-refractivity contribution in [3.8, 4) is 11.5 Å². The Morgan fingerprint density at radius 1 is 1.00 bits per heavy atom. The minimum Gasteiger partial charge on any atom is -0.457 e. The number of carbonyl (C=O) groups excluding carboxylic acids is 1. The first-order chi connectivity index (χ1) is 13.7. The zero-order valence-electron chi connectivity index (χ0n) is 14.5. The summed E-state index contributed by atoms with van der Waals surface area (Å²) in [5.41, 5.74) is -2.11. The molecule has 3 aromatic rings. The van der Waals surface area contributed by atoms with Gasteiger partial charge in [0.2, 0.25) is 0 Å². The van der Waals surface area contributed by atoms with E-state index in [1.807, 2.05) is 0 Å². The molecular weight excluding hydrogens is 392 g/mol. The number of nitrogens with one attached hydrogen (secondary N) is 2. The van der Waals surface area contributed by atoms with E-state index in [1.165, 1.54) is 18.2 Å². The maximum Gasteiger partial charge on any atom is 0.431 e. The lowest BCUT2D eigenvalue weighted by Gasteiger charge is -2.28. The molecule has 1 aliphatic rings. The van der Waals surface area contributed by atoms with E-state index in [0.717, 1.165) is 6.07 Å². The fourth-order valence-electron chi connectivity index (χ4n) is 3.12. The number of halogens is 4. The molecule has 0 saturated carbocycles. The number of ether oxygens (including phenoxy) is 1. The standard InChI is InChI=1S/C20H12F4N2O3/c21-10-5-7-15-13(9-10)17(11-3-1-2-4-14(11)29-15)26-19(28)12-6-8-16(20(22,23)24)25-18(12)27/h1-9,17H,(H,25,27)(H,26,28). The van der Waals surface area contributed by atoms with Gasteiger partial charge in [0.25, 0.3) is 11.5 Å². The highest BCUT2D eigenvalue weighted by molar-refractivity contribution is 5.94. The number of hydrogen-bond donors (Lipinski definition) is 2. The van der Waals surface area contributed by atoms with Crippen LogP contribution in [0.2, 0.25) is 0 Å². The van der Waals surface area contributed by atoms with Crippen molar-refractivity contribution in [3.05, 3.63) is 93.2 Å². The molecule has 29 heavy (non-hydrogen) atoms. The van der Waals surface area contributed by atoms with Crippen molar-refractivity contribution < 1.29 is 27.1 Å². The van der Waals surface area contributed by atoms with Crippen LogP contribution in [0.1, 0.15) is 33.2 Å². The zero-order chi connectivity index (χ0) is 20.8. The summed E-state index contributed by atoms with van der Waals surface area (Å²) >= 11 is 0. The molecule has 0 bridgehead atoms. The summed E-state index contributed by atoms with van der Waals surface area (Å²) in [7, 11) is 0. The Bertz CT molecular complexity index is 1170. The van der Waals surface area contributed by atoms with E-state index in [2.05, 4.69) is 5.32 Å². The quantitative estimate of drug-likeness (QED) is 0.631. The van der Waals surface area contributed by atoms with Crippen molar-refractivity contribution in [2.75, 3.05) is 0 Å². The molecule has 0 radical (unpaired) electrons. The Morgan fingerprint density at radius 3 is 2.45 bits per heavy atom. The van der Waals surface area contributed by atoms with Gasteiger partial charge in [-0.05, 0) is 36.4 Å². The summed E-state index contributed by atoms with van der Waals surface area (Å²) in [4.78, 5) is 26.3. The van der Waals surface area contributed by atoms with E-state index in [-0.39, 0.29) is 0 Å². The highest BCUT2D eigenvalue weighted by atomic mass is 19.4. The Hall–Kier alpha value is -3.62. The van der Waals surface area contributed by atoms with E-state index in [9.17, 15) is 27.2 Å². The SMILES string of the molecule is O=C(NC1c2ccccc2Oc2ccc(F)cc21)c1ccc(C(F)(F)F)[nH]c1=O. The maximum absolute atomic E-state index is 13.8. The third-order valence-electron chi connectivity index (χ3n) is 4.47. The van der Waals surface area contributed by atoms with E-state index in [4.69, 9.17) is 4.74 Å². The second-order valence-corrected chi connectivity index (χ2v) is 6.34. The molecule has 148 valence electrons. The number of carbonyl (C=O) groups is 1. The topological polar surface area (TPSA) is 71.2 Å². The summed E-state index contributed by atoms with van der Waals surface area (Å²) < 4.78 is 57.7. The van der Waals surface area contributed by atoms with Gasteiger partial charge in [-0.25, -0.2) is 4.39 Å². The molecule has 0 aliphatic carbocycles. The third-order valence-corrected chi connectivity index (χ3v) is 4.47. The van der Waals surface area contributed by atoms with Crippen molar-refractivity contribution in [3.63, 3.8) is 0 Å². The van der Waals surface area contributed by atoms with Gasteiger partial charge in [0.05, 0.1) is 6.04 Å². The number of hydrogen-bond acceptors (Lipinski definition) is 3. The van der Waals surface area contributed by atoms with Gasteiger partial charge in [0, 0.05) is 11.1 Å². The first-order valence-electron chi connectivity index (χ1n) is 8.41. The monoisotopic (exact) mass is 404 g/mol. The van der Waals surface area contributed by atoms with E-state index in [1.54, 1.807) is 29.2 Å². The number of aromatic nitrogens is 1. The lowest BCUT2D eigenvalue weighted by Crippen LogP contribution is -2.35. The second kappa shape index (κ2) is 6.77. The summed E-state index contributed by atoms with van der Waals surface area (Å²) in [6, 6.07) is 11.1. The van der Waals surface area contributed by atoms with Gasteiger partial charge in [-0.15, -0.1) is 0 Å². The van der Waals surface area contributed by atoms with Crippen LogP contribution in [0.25, 0.3) is 0 Å². The smallest absolute Gasteiger partial charge is 0.431 e. The minimum atomic E-state index is -4.75. The Balaban J connectivity index is 1.72. The van der Waals surface area contributed by atoms with Gasteiger partial charge in [-0.1, -0.05) is 18.2 Å². The molecule has 1 aliphatic heterocycles. The largest absolute Gasteiger partial charge is 0.457 e. The van der Waals surface area contributed by atoms with Gasteiger partial charge in [0.15, 0.2) is 0 Å². The van der Waals surface area contributed by atoms with Crippen molar-refractivity contribution in [2.24, 2.45) is 0 Å². The fourth-order valence-corrected chi connectivity index (χ4v) is 3.12. The zero-order valence-corrected chi connectivity index (χ0v) is 14.5. The number of benzene rings is 2. The number of para-hydroxylation sites is 1. The minimum absolute atomic E-state index is 0.316. The van der Waals surface area contributed by atoms with Crippen LogP contribution >= 0.6 is 0 Å². The van der Waals surface area contributed by atoms with Gasteiger partial charge < -0.3 is 15.0 Å². The van der Waals surface area contributed by atoms with Crippen LogP contribution in [0.4, 0.5) is 17.6 Å². The molecule has 5 nitrogen and oxygen atoms in total. The highest BCUT2D eigenvalue weighted by Crippen LogP contribution is 2.42. The van der Waals surface area contributed by atoms with Gasteiger partial charge in [-0.3, -0.25) is 9.59 Å². The normalized spacial score (nSPS) is 15.1. The first kappa shape index (κ1) is 18.7. The van der Waals surface area contributed by atoms with Crippen LogP contribution in [0.3, 0.4) is 0 Å². The molecule has 4 rings (SSSR count). The second-order valence-electron chi connectivity index (χ2n) is 6.34. The summed E-state index contributed by atoms with van der Waals surface area (Å²) in [5, 5.41) is 2.59. The number of pyridine rings is 1. The fraction of sp³-hybridized carbons (Fsp3) is 0.100. The van der Waals surface area contributed by atoms with E-state index >= 15 is 0 Å². The van der Waals surface area contributed by atoms with Crippen LogP contribution in [0.15, 0.2) is 59.4 Å². The number of H-pyrrole nitrogens is 1. The first-order valence-corrected chi connectivity index (χ1v) is 8.41. The molecule has 1 amide bonds. The highest BCUT2D eigenvalue weighted by Gasteiger charge is 2.33. The molecule has 0 spiro atoms. The number of rotatable bonds is 2. The summed E-state index contributed by atoms with van der Waals surface area (Å²) in [5.74, 6) is -0.717. The average molecular weight is 404 g/mol. The number of alkyl halides is 3. The molecule has 1 unspecified atom stereocenters. The summed E-state index contributed by atoms with van der Waals surface area (Å²) in [6.45, 7) is 0. The van der Waals surface area contributed by atoms with Crippen LogP contribution in [-0.4, -0.2) is 10.9 Å².